The van der Waals surface area contributed by atoms with E-state index in [1.807, 2.05) is 13.8 Å². The molecule has 0 amide bonds. The molecular weight excluding hydrogens is 212 g/mol. The SMILES string of the molecule is CCOC(=O)COCC(=O)OCC(C)CC. The maximum Gasteiger partial charge on any atom is 0.332 e. The number of hydrogen-bond acceptors (Lipinski definition) is 5. The molecule has 0 saturated carbocycles. The average Bonchev–Trinajstić information content (AvgIpc) is 2.26. The molecule has 5 nitrogen and oxygen atoms in total. The van der Waals surface area contributed by atoms with Gasteiger partial charge in [0, 0.05) is 0 Å². The summed E-state index contributed by atoms with van der Waals surface area (Å²) in [7, 11) is 0. The summed E-state index contributed by atoms with van der Waals surface area (Å²) in [6.07, 6.45) is 0.955. The third-order valence-electron chi connectivity index (χ3n) is 1.97. The molecule has 0 fully saturated rings. The Bertz CT molecular complexity index is 214. The highest BCUT2D eigenvalue weighted by molar-refractivity contribution is 5.73. The van der Waals surface area contributed by atoms with Crippen molar-refractivity contribution in [2.75, 3.05) is 26.4 Å². The van der Waals surface area contributed by atoms with Gasteiger partial charge >= 0.3 is 11.9 Å². The monoisotopic (exact) mass is 232 g/mol. The lowest BCUT2D eigenvalue weighted by atomic mass is 10.1. The zero-order valence-electron chi connectivity index (χ0n) is 10.2. The van der Waals surface area contributed by atoms with Gasteiger partial charge in [-0.1, -0.05) is 20.3 Å². The van der Waals surface area contributed by atoms with Crippen molar-refractivity contribution in [2.45, 2.75) is 27.2 Å². The van der Waals surface area contributed by atoms with Crippen LogP contribution in [0.15, 0.2) is 0 Å². The van der Waals surface area contributed by atoms with Gasteiger partial charge in [0.25, 0.3) is 0 Å². The van der Waals surface area contributed by atoms with Gasteiger partial charge < -0.3 is 14.2 Å². The van der Waals surface area contributed by atoms with E-state index < -0.39 is 11.9 Å². The highest BCUT2D eigenvalue weighted by atomic mass is 16.6. The van der Waals surface area contributed by atoms with E-state index in [0.29, 0.717) is 19.1 Å². The van der Waals surface area contributed by atoms with Crippen molar-refractivity contribution in [2.24, 2.45) is 5.92 Å². The molecule has 0 N–H and O–H groups in total. The van der Waals surface area contributed by atoms with E-state index in [-0.39, 0.29) is 13.2 Å². The normalized spacial score (nSPS) is 11.9. The zero-order valence-corrected chi connectivity index (χ0v) is 10.2. The van der Waals surface area contributed by atoms with Crippen LogP contribution in [0.25, 0.3) is 0 Å². The molecule has 0 aliphatic heterocycles. The van der Waals surface area contributed by atoms with Crippen LogP contribution >= 0.6 is 0 Å². The molecule has 0 aromatic rings. The molecule has 0 saturated heterocycles. The van der Waals surface area contributed by atoms with E-state index >= 15 is 0 Å². The molecule has 0 aliphatic rings. The molecule has 0 heterocycles. The van der Waals surface area contributed by atoms with Gasteiger partial charge in [0.2, 0.25) is 0 Å². The van der Waals surface area contributed by atoms with Gasteiger partial charge in [-0.15, -0.1) is 0 Å². The molecule has 0 rings (SSSR count). The van der Waals surface area contributed by atoms with Crippen LogP contribution in [0.4, 0.5) is 0 Å². The minimum atomic E-state index is -0.475. The van der Waals surface area contributed by atoms with Crippen LogP contribution in [-0.4, -0.2) is 38.4 Å². The van der Waals surface area contributed by atoms with Crippen molar-refractivity contribution >= 4 is 11.9 Å². The molecule has 5 heteroatoms. The van der Waals surface area contributed by atoms with E-state index in [1.165, 1.54) is 0 Å². The Labute approximate surface area is 96.1 Å². The van der Waals surface area contributed by atoms with Crippen molar-refractivity contribution in [3.05, 3.63) is 0 Å². The van der Waals surface area contributed by atoms with Crippen molar-refractivity contribution in [1.82, 2.24) is 0 Å². The number of esters is 2. The van der Waals surface area contributed by atoms with E-state index in [2.05, 4.69) is 4.74 Å². The van der Waals surface area contributed by atoms with Gasteiger partial charge in [0.15, 0.2) is 0 Å². The first-order chi connectivity index (χ1) is 7.60. The van der Waals surface area contributed by atoms with Gasteiger partial charge in [0.1, 0.15) is 13.2 Å². The molecule has 0 aromatic carbocycles. The van der Waals surface area contributed by atoms with Crippen LogP contribution in [-0.2, 0) is 23.8 Å². The summed E-state index contributed by atoms with van der Waals surface area (Å²) < 4.78 is 14.4. The maximum absolute atomic E-state index is 11.1. The minimum Gasteiger partial charge on any atom is -0.464 e. The Morgan fingerprint density at radius 1 is 1.06 bits per heavy atom. The fraction of sp³-hybridized carbons (Fsp3) is 0.818. The lowest BCUT2D eigenvalue weighted by Gasteiger charge is -2.09. The molecule has 0 radical (unpaired) electrons. The standard InChI is InChI=1S/C11H20O5/c1-4-9(3)6-16-11(13)8-14-7-10(12)15-5-2/h9H,4-8H2,1-3H3. The predicted octanol–water partition coefficient (Wildman–Crippen LogP) is 1.16. The molecule has 16 heavy (non-hydrogen) atoms. The third kappa shape index (κ3) is 8.23. The smallest absolute Gasteiger partial charge is 0.332 e. The number of carbonyl (C=O) groups excluding carboxylic acids is 2. The van der Waals surface area contributed by atoms with Crippen LogP contribution in [0.3, 0.4) is 0 Å². The van der Waals surface area contributed by atoms with Crippen molar-refractivity contribution in [3.63, 3.8) is 0 Å². The molecule has 0 aromatic heterocycles. The van der Waals surface area contributed by atoms with Crippen LogP contribution in [0.5, 0.6) is 0 Å². The van der Waals surface area contributed by atoms with Crippen LogP contribution < -0.4 is 0 Å². The zero-order chi connectivity index (χ0) is 12.4. The number of rotatable bonds is 8. The van der Waals surface area contributed by atoms with Crippen molar-refractivity contribution in [1.29, 1.82) is 0 Å². The Morgan fingerprint density at radius 2 is 1.62 bits per heavy atom. The topological polar surface area (TPSA) is 61.8 Å². The predicted molar refractivity (Wildman–Crippen MR) is 57.9 cm³/mol. The molecule has 0 bridgehead atoms. The minimum absolute atomic E-state index is 0.213. The molecule has 94 valence electrons. The highest BCUT2D eigenvalue weighted by Gasteiger charge is 2.08. The first-order valence-electron chi connectivity index (χ1n) is 5.49. The molecule has 1 atom stereocenters. The van der Waals surface area contributed by atoms with Gasteiger partial charge in [-0.3, -0.25) is 0 Å². The highest BCUT2D eigenvalue weighted by Crippen LogP contribution is 2.00. The molecule has 0 spiro atoms. The number of hydrogen-bond donors (Lipinski definition) is 0. The Morgan fingerprint density at radius 3 is 2.12 bits per heavy atom. The van der Waals surface area contributed by atoms with Crippen LogP contribution in [0.2, 0.25) is 0 Å². The Kier molecular flexibility index (Phi) is 8.52. The third-order valence-corrected chi connectivity index (χ3v) is 1.97. The maximum atomic E-state index is 11.1. The number of carbonyl (C=O) groups is 2. The largest absolute Gasteiger partial charge is 0.464 e. The second-order valence-electron chi connectivity index (χ2n) is 3.49. The summed E-state index contributed by atoms with van der Waals surface area (Å²) in [6.45, 7) is 5.99. The van der Waals surface area contributed by atoms with Gasteiger partial charge in [-0.05, 0) is 12.8 Å². The average molecular weight is 232 g/mol. The lowest BCUT2D eigenvalue weighted by Crippen LogP contribution is -2.20. The molecule has 1 unspecified atom stereocenters. The van der Waals surface area contributed by atoms with E-state index in [4.69, 9.17) is 9.47 Å². The first kappa shape index (κ1) is 14.9. The Hall–Kier alpha value is -1.10. The van der Waals surface area contributed by atoms with E-state index in [9.17, 15) is 9.59 Å². The van der Waals surface area contributed by atoms with E-state index in [1.54, 1.807) is 6.92 Å². The lowest BCUT2D eigenvalue weighted by molar-refractivity contribution is -0.155. The van der Waals surface area contributed by atoms with E-state index in [0.717, 1.165) is 6.42 Å². The van der Waals surface area contributed by atoms with Crippen LogP contribution in [0.1, 0.15) is 27.2 Å². The second-order valence-corrected chi connectivity index (χ2v) is 3.49. The summed E-state index contributed by atoms with van der Waals surface area (Å²) in [6, 6.07) is 0. The van der Waals surface area contributed by atoms with Gasteiger partial charge in [-0.25, -0.2) is 9.59 Å². The van der Waals surface area contributed by atoms with Gasteiger partial charge in [0.05, 0.1) is 13.2 Å². The fourth-order valence-corrected chi connectivity index (χ4v) is 0.815. The van der Waals surface area contributed by atoms with Gasteiger partial charge in [-0.2, -0.15) is 0 Å². The summed E-state index contributed by atoms with van der Waals surface area (Å²) >= 11 is 0. The quantitative estimate of drug-likeness (QED) is 0.587. The summed E-state index contributed by atoms with van der Waals surface area (Å²) in [5.41, 5.74) is 0. The second kappa shape index (κ2) is 9.15. The molecule has 0 aliphatic carbocycles. The van der Waals surface area contributed by atoms with Crippen molar-refractivity contribution in [3.8, 4) is 0 Å². The van der Waals surface area contributed by atoms with Crippen molar-refractivity contribution < 1.29 is 23.8 Å². The van der Waals surface area contributed by atoms with Crippen LogP contribution in [0, 0.1) is 5.92 Å². The number of ether oxygens (including phenoxy) is 3. The first-order valence-corrected chi connectivity index (χ1v) is 5.49. The summed E-state index contributed by atoms with van der Waals surface area (Å²) in [5, 5.41) is 0. The fourth-order valence-electron chi connectivity index (χ4n) is 0.815. The Balaban J connectivity index is 3.47. The summed E-state index contributed by atoms with van der Waals surface area (Å²) in [5.74, 6) is -0.587. The molecular formula is C11H20O5. The summed E-state index contributed by atoms with van der Waals surface area (Å²) in [4.78, 5) is 21.9.